The Hall–Kier alpha value is -1.47. The van der Waals surface area contributed by atoms with Crippen LogP contribution in [0.3, 0.4) is 0 Å². The number of H-pyrrole nitrogens is 1. The quantitative estimate of drug-likeness (QED) is 0.810. The van der Waals surface area contributed by atoms with Gasteiger partial charge in [-0.1, -0.05) is 13.8 Å². The number of aromatic nitrogens is 1. The average molecular weight is 254 g/mol. The average Bonchev–Trinajstić information content (AvgIpc) is 2.54. The number of halogens is 1. The van der Waals surface area contributed by atoms with Crippen molar-refractivity contribution in [2.45, 2.75) is 27.2 Å². The van der Waals surface area contributed by atoms with Crippen LogP contribution in [0.2, 0.25) is 0 Å². The van der Waals surface area contributed by atoms with Gasteiger partial charge in [0.05, 0.1) is 5.56 Å². The lowest BCUT2D eigenvalue weighted by Crippen LogP contribution is -2.13. The predicted molar refractivity (Wildman–Crippen MR) is 68.1 cm³/mol. The van der Waals surface area contributed by atoms with Crippen LogP contribution in [0.15, 0.2) is 0 Å². The van der Waals surface area contributed by atoms with E-state index in [0.29, 0.717) is 17.3 Å². The number of alkyl halides is 1. The molecule has 0 fully saturated rings. The van der Waals surface area contributed by atoms with Crippen molar-refractivity contribution in [3.8, 4) is 6.07 Å². The fourth-order valence-corrected chi connectivity index (χ4v) is 1.73. The molecule has 0 spiro atoms. The van der Waals surface area contributed by atoms with Crippen LogP contribution < -0.4 is 5.32 Å². The summed E-state index contributed by atoms with van der Waals surface area (Å²) in [5.41, 5.74) is 2.37. The maximum absolute atomic E-state index is 11.2. The van der Waals surface area contributed by atoms with E-state index in [-0.39, 0.29) is 11.8 Å². The third-order valence-corrected chi connectivity index (χ3v) is 2.71. The van der Waals surface area contributed by atoms with Crippen molar-refractivity contribution in [3.63, 3.8) is 0 Å². The highest BCUT2D eigenvalue weighted by Gasteiger charge is 2.16. The number of hydrogen-bond acceptors (Lipinski definition) is 2. The number of carbonyl (C=O) groups is 1. The molecular formula is C12H16ClN3O. The lowest BCUT2D eigenvalue weighted by atomic mass is 10.0. The van der Waals surface area contributed by atoms with Crippen molar-refractivity contribution in [3.05, 3.63) is 16.8 Å². The first-order valence-corrected chi connectivity index (χ1v) is 6.00. The fourth-order valence-electron chi connectivity index (χ4n) is 1.66. The number of rotatable bonds is 4. The SMILES string of the molecule is Cc1c(CC(C)C)[nH]c(NC(=O)CCl)c1C#N. The molecule has 0 aliphatic heterocycles. The maximum Gasteiger partial charge on any atom is 0.240 e. The third kappa shape index (κ3) is 3.24. The Labute approximate surface area is 106 Å². The molecule has 0 atom stereocenters. The highest BCUT2D eigenvalue weighted by atomic mass is 35.5. The zero-order valence-electron chi connectivity index (χ0n) is 10.2. The molecule has 0 aliphatic rings. The van der Waals surface area contributed by atoms with Crippen molar-refractivity contribution in [2.75, 3.05) is 11.2 Å². The topological polar surface area (TPSA) is 68.7 Å². The Balaban J connectivity index is 3.06. The van der Waals surface area contributed by atoms with Gasteiger partial charge in [-0.25, -0.2) is 0 Å². The molecule has 1 heterocycles. The summed E-state index contributed by atoms with van der Waals surface area (Å²) >= 11 is 5.42. The minimum Gasteiger partial charge on any atom is -0.344 e. The molecule has 0 unspecified atom stereocenters. The van der Waals surface area contributed by atoms with Gasteiger partial charge in [0.2, 0.25) is 5.91 Å². The summed E-state index contributed by atoms with van der Waals surface area (Å²) in [6, 6.07) is 2.10. The summed E-state index contributed by atoms with van der Waals surface area (Å²) in [5, 5.41) is 11.7. The second-order valence-corrected chi connectivity index (χ2v) is 4.64. The maximum atomic E-state index is 11.2. The highest BCUT2D eigenvalue weighted by molar-refractivity contribution is 6.29. The van der Waals surface area contributed by atoms with Crippen LogP contribution in [0.5, 0.6) is 0 Å². The number of carbonyl (C=O) groups excluding carboxylic acids is 1. The van der Waals surface area contributed by atoms with Crippen LogP contribution >= 0.6 is 11.6 Å². The second-order valence-electron chi connectivity index (χ2n) is 4.37. The summed E-state index contributed by atoms with van der Waals surface area (Å²) in [7, 11) is 0. The number of nitriles is 1. The van der Waals surface area contributed by atoms with Crippen LogP contribution in [0.4, 0.5) is 5.82 Å². The molecule has 0 aliphatic carbocycles. The van der Waals surface area contributed by atoms with Crippen molar-refractivity contribution in [2.24, 2.45) is 5.92 Å². The molecule has 0 saturated heterocycles. The number of amides is 1. The van der Waals surface area contributed by atoms with Crippen LogP contribution in [0, 0.1) is 24.2 Å². The first kappa shape index (κ1) is 13.6. The molecule has 0 bridgehead atoms. The third-order valence-electron chi connectivity index (χ3n) is 2.46. The first-order chi connectivity index (χ1) is 7.99. The minimum atomic E-state index is -0.319. The molecule has 5 heteroatoms. The van der Waals surface area contributed by atoms with Crippen molar-refractivity contribution in [1.29, 1.82) is 5.26 Å². The molecule has 17 heavy (non-hydrogen) atoms. The van der Waals surface area contributed by atoms with Crippen LogP contribution in [0.25, 0.3) is 0 Å². The zero-order chi connectivity index (χ0) is 13.0. The van der Waals surface area contributed by atoms with Gasteiger partial charge in [0.15, 0.2) is 0 Å². The summed E-state index contributed by atoms with van der Waals surface area (Å²) in [6.07, 6.45) is 0.845. The van der Waals surface area contributed by atoms with Crippen LogP contribution in [0.1, 0.15) is 30.7 Å². The monoisotopic (exact) mass is 253 g/mol. The lowest BCUT2D eigenvalue weighted by molar-refractivity contribution is -0.113. The fraction of sp³-hybridized carbons (Fsp3) is 0.500. The van der Waals surface area contributed by atoms with E-state index in [9.17, 15) is 4.79 Å². The van der Waals surface area contributed by atoms with E-state index in [1.165, 1.54) is 0 Å². The smallest absolute Gasteiger partial charge is 0.240 e. The number of aromatic amines is 1. The largest absolute Gasteiger partial charge is 0.344 e. The molecule has 0 radical (unpaired) electrons. The second kappa shape index (κ2) is 5.74. The van der Waals surface area contributed by atoms with Gasteiger partial charge in [0, 0.05) is 5.69 Å². The van der Waals surface area contributed by atoms with E-state index in [4.69, 9.17) is 16.9 Å². The molecule has 2 N–H and O–H groups in total. The Morgan fingerprint density at radius 1 is 1.59 bits per heavy atom. The van der Waals surface area contributed by atoms with E-state index in [1.54, 1.807) is 0 Å². The van der Waals surface area contributed by atoms with Gasteiger partial charge < -0.3 is 10.3 Å². The van der Waals surface area contributed by atoms with Crippen LogP contribution in [-0.4, -0.2) is 16.8 Å². The van der Waals surface area contributed by atoms with E-state index in [2.05, 4.69) is 30.2 Å². The molecule has 1 amide bonds. The van der Waals surface area contributed by atoms with Crippen LogP contribution in [-0.2, 0) is 11.2 Å². The molecule has 1 aromatic heterocycles. The van der Waals surface area contributed by atoms with Crippen molar-refractivity contribution in [1.82, 2.24) is 4.98 Å². The standard InChI is InChI=1S/C12H16ClN3O/c1-7(2)4-10-8(3)9(6-14)12(15-10)16-11(17)5-13/h7,15H,4-5H2,1-3H3,(H,16,17). The molecule has 0 saturated carbocycles. The van der Waals surface area contributed by atoms with E-state index in [1.807, 2.05) is 6.92 Å². The molecule has 1 aromatic rings. The van der Waals surface area contributed by atoms with Gasteiger partial charge in [-0.15, -0.1) is 11.6 Å². The first-order valence-electron chi connectivity index (χ1n) is 5.47. The van der Waals surface area contributed by atoms with E-state index >= 15 is 0 Å². The number of anilines is 1. The molecule has 1 rings (SSSR count). The Morgan fingerprint density at radius 3 is 2.71 bits per heavy atom. The highest BCUT2D eigenvalue weighted by Crippen LogP contribution is 2.23. The van der Waals surface area contributed by atoms with E-state index in [0.717, 1.165) is 17.7 Å². The molecule has 0 aromatic carbocycles. The van der Waals surface area contributed by atoms with Crippen molar-refractivity contribution < 1.29 is 4.79 Å². The van der Waals surface area contributed by atoms with Gasteiger partial charge in [0.25, 0.3) is 0 Å². The number of nitrogens with zero attached hydrogens (tertiary/aromatic N) is 1. The Kier molecular flexibility index (Phi) is 4.59. The van der Waals surface area contributed by atoms with Gasteiger partial charge in [-0.3, -0.25) is 4.79 Å². The normalized spacial score (nSPS) is 10.4. The molecular weight excluding hydrogens is 238 g/mol. The lowest BCUT2D eigenvalue weighted by Gasteiger charge is -2.03. The summed E-state index contributed by atoms with van der Waals surface area (Å²) in [6.45, 7) is 6.08. The Bertz CT molecular complexity index is 457. The van der Waals surface area contributed by atoms with Crippen molar-refractivity contribution >= 4 is 23.3 Å². The number of nitrogens with one attached hydrogen (secondary N) is 2. The summed E-state index contributed by atoms with van der Waals surface area (Å²) in [5.74, 6) is 0.491. The number of hydrogen-bond donors (Lipinski definition) is 2. The summed E-state index contributed by atoms with van der Waals surface area (Å²) < 4.78 is 0. The van der Waals surface area contributed by atoms with Gasteiger partial charge in [0.1, 0.15) is 17.8 Å². The van der Waals surface area contributed by atoms with Gasteiger partial charge >= 0.3 is 0 Å². The van der Waals surface area contributed by atoms with E-state index < -0.39 is 0 Å². The summed E-state index contributed by atoms with van der Waals surface area (Å²) in [4.78, 5) is 14.3. The Morgan fingerprint density at radius 2 is 2.24 bits per heavy atom. The van der Waals surface area contributed by atoms with Gasteiger partial charge in [-0.05, 0) is 24.8 Å². The zero-order valence-corrected chi connectivity index (χ0v) is 11.0. The predicted octanol–water partition coefficient (Wildman–Crippen LogP) is 2.57. The van der Waals surface area contributed by atoms with Gasteiger partial charge in [-0.2, -0.15) is 5.26 Å². The molecule has 4 nitrogen and oxygen atoms in total. The molecule has 92 valence electrons. The minimum absolute atomic E-state index is 0.123.